The van der Waals surface area contributed by atoms with Crippen LogP contribution in [0.5, 0.6) is 0 Å². The van der Waals surface area contributed by atoms with Crippen LogP contribution in [0.15, 0.2) is 0 Å². The average Bonchev–Trinajstić information content (AvgIpc) is 2.36. The summed E-state index contributed by atoms with van der Waals surface area (Å²) in [6.07, 6.45) is 0. The van der Waals surface area contributed by atoms with Gasteiger partial charge >= 0.3 is 0 Å². The molecule has 1 heterocycles. The molecular formula is C11H22N6O. The zero-order chi connectivity index (χ0) is 13.5. The van der Waals surface area contributed by atoms with Crippen molar-refractivity contribution in [2.75, 3.05) is 48.3 Å². The number of aliphatic hydroxyl groups excluding tert-OH is 1. The standard InChI is InChI=1S/C11H22N6O/c1-4-16(5-2)10-13-9(12)14-11(15-10)17(6-3)7-8-18/h18H,4-8H2,1-3H3,(H2,12,13,14,15). The van der Waals surface area contributed by atoms with Gasteiger partial charge in [-0.05, 0) is 20.8 Å². The predicted octanol–water partition coefficient (Wildman–Crippen LogP) is 0.119. The van der Waals surface area contributed by atoms with Crippen LogP contribution < -0.4 is 15.5 Å². The molecule has 1 aromatic heterocycles. The van der Waals surface area contributed by atoms with Gasteiger partial charge in [-0.1, -0.05) is 0 Å². The van der Waals surface area contributed by atoms with Crippen LogP contribution in [-0.2, 0) is 0 Å². The van der Waals surface area contributed by atoms with E-state index in [2.05, 4.69) is 15.0 Å². The first-order valence-electron chi connectivity index (χ1n) is 6.28. The molecule has 0 unspecified atom stereocenters. The molecule has 102 valence electrons. The molecule has 0 aliphatic carbocycles. The van der Waals surface area contributed by atoms with Gasteiger partial charge in [0.05, 0.1) is 6.61 Å². The Hall–Kier alpha value is -1.63. The molecule has 3 N–H and O–H groups in total. The maximum atomic E-state index is 9.01. The van der Waals surface area contributed by atoms with Gasteiger partial charge in [0.15, 0.2) is 0 Å². The molecule has 0 saturated heterocycles. The second-order valence-corrected chi connectivity index (χ2v) is 3.77. The summed E-state index contributed by atoms with van der Waals surface area (Å²) in [5.74, 6) is 1.30. The van der Waals surface area contributed by atoms with E-state index in [0.717, 1.165) is 13.1 Å². The number of hydrogen-bond donors (Lipinski definition) is 2. The molecule has 0 spiro atoms. The number of aromatic nitrogens is 3. The number of hydrogen-bond acceptors (Lipinski definition) is 7. The van der Waals surface area contributed by atoms with E-state index in [1.54, 1.807) is 0 Å². The van der Waals surface area contributed by atoms with Gasteiger partial charge in [0.1, 0.15) is 0 Å². The Labute approximate surface area is 108 Å². The number of rotatable bonds is 7. The number of likely N-dealkylation sites (N-methyl/N-ethyl adjacent to an activating group) is 1. The summed E-state index contributed by atoms with van der Waals surface area (Å²) < 4.78 is 0. The normalized spacial score (nSPS) is 10.4. The first kappa shape index (κ1) is 14.4. The van der Waals surface area contributed by atoms with Crippen molar-refractivity contribution < 1.29 is 5.11 Å². The number of aliphatic hydroxyl groups is 1. The SMILES string of the molecule is CCN(CC)c1nc(N)nc(N(CC)CCO)n1. The van der Waals surface area contributed by atoms with E-state index in [-0.39, 0.29) is 12.6 Å². The summed E-state index contributed by atoms with van der Waals surface area (Å²) in [5.41, 5.74) is 5.72. The molecule has 0 radical (unpaired) electrons. The molecule has 1 aromatic rings. The highest BCUT2D eigenvalue weighted by Gasteiger charge is 2.13. The van der Waals surface area contributed by atoms with E-state index in [1.807, 2.05) is 30.6 Å². The van der Waals surface area contributed by atoms with Gasteiger partial charge < -0.3 is 20.6 Å². The smallest absolute Gasteiger partial charge is 0.232 e. The van der Waals surface area contributed by atoms with Crippen molar-refractivity contribution in [1.82, 2.24) is 15.0 Å². The summed E-state index contributed by atoms with van der Waals surface area (Å²) in [7, 11) is 0. The topological polar surface area (TPSA) is 91.4 Å². The lowest BCUT2D eigenvalue weighted by atomic mass is 10.5. The second kappa shape index (κ2) is 6.95. The van der Waals surface area contributed by atoms with E-state index in [9.17, 15) is 0 Å². The average molecular weight is 254 g/mol. The highest BCUT2D eigenvalue weighted by Crippen LogP contribution is 2.14. The maximum absolute atomic E-state index is 9.01. The van der Waals surface area contributed by atoms with Gasteiger partial charge in [-0.2, -0.15) is 15.0 Å². The minimum atomic E-state index is 0.0556. The van der Waals surface area contributed by atoms with Crippen LogP contribution in [0, 0.1) is 0 Å². The fourth-order valence-corrected chi connectivity index (χ4v) is 1.68. The molecule has 0 amide bonds. The fraction of sp³-hybridized carbons (Fsp3) is 0.727. The Morgan fingerprint density at radius 2 is 1.44 bits per heavy atom. The van der Waals surface area contributed by atoms with Crippen molar-refractivity contribution in [3.63, 3.8) is 0 Å². The monoisotopic (exact) mass is 254 g/mol. The number of nitrogens with zero attached hydrogens (tertiary/aromatic N) is 5. The quantitative estimate of drug-likeness (QED) is 0.714. The first-order chi connectivity index (χ1) is 8.65. The van der Waals surface area contributed by atoms with Gasteiger partial charge in [0.25, 0.3) is 0 Å². The van der Waals surface area contributed by atoms with Gasteiger partial charge in [0, 0.05) is 26.2 Å². The Balaban J connectivity index is 3.05. The number of anilines is 3. The van der Waals surface area contributed by atoms with Crippen LogP contribution in [0.4, 0.5) is 17.8 Å². The third-order valence-corrected chi connectivity index (χ3v) is 2.71. The lowest BCUT2D eigenvalue weighted by Crippen LogP contribution is -2.31. The zero-order valence-electron chi connectivity index (χ0n) is 11.3. The zero-order valence-corrected chi connectivity index (χ0v) is 11.3. The molecule has 0 aromatic carbocycles. The molecule has 0 aliphatic rings. The maximum Gasteiger partial charge on any atom is 0.232 e. The van der Waals surface area contributed by atoms with Gasteiger partial charge in [-0.25, -0.2) is 0 Å². The Bertz CT molecular complexity index is 369. The molecular weight excluding hydrogens is 232 g/mol. The molecule has 0 saturated carbocycles. The van der Waals surface area contributed by atoms with Crippen molar-refractivity contribution in [1.29, 1.82) is 0 Å². The fourth-order valence-electron chi connectivity index (χ4n) is 1.68. The third-order valence-electron chi connectivity index (χ3n) is 2.71. The van der Waals surface area contributed by atoms with Crippen LogP contribution in [0.1, 0.15) is 20.8 Å². The number of nitrogens with two attached hydrogens (primary N) is 1. The van der Waals surface area contributed by atoms with Crippen LogP contribution >= 0.6 is 0 Å². The van der Waals surface area contributed by atoms with E-state index < -0.39 is 0 Å². The molecule has 0 bridgehead atoms. The van der Waals surface area contributed by atoms with Crippen molar-refractivity contribution >= 4 is 17.8 Å². The lowest BCUT2D eigenvalue weighted by molar-refractivity contribution is 0.301. The van der Waals surface area contributed by atoms with E-state index in [4.69, 9.17) is 10.8 Å². The van der Waals surface area contributed by atoms with E-state index >= 15 is 0 Å². The molecule has 0 aliphatic heterocycles. The lowest BCUT2D eigenvalue weighted by Gasteiger charge is -2.23. The van der Waals surface area contributed by atoms with E-state index in [1.165, 1.54) is 0 Å². The minimum Gasteiger partial charge on any atom is -0.395 e. The van der Waals surface area contributed by atoms with Crippen molar-refractivity contribution in [3.05, 3.63) is 0 Å². The molecule has 7 nitrogen and oxygen atoms in total. The Kier molecular flexibility index (Phi) is 5.57. The Morgan fingerprint density at radius 3 is 1.89 bits per heavy atom. The highest BCUT2D eigenvalue weighted by atomic mass is 16.3. The largest absolute Gasteiger partial charge is 0.395 e. The summed E-state index contributed by atoms with van der Waals surface area (Å²) in [6.45, 7) is 8.92. The molecule has 7 heteroatoms. The Morgan fingerprint density at radius 1 is 0.944 bits per heavy atom. The summed E-state index contributed by atoms with van der Waals surface area (Å²) in [4.78, 5) is 16.5. The van der Waals surface area contributed by atoms with Crippen LogP contribution in [0.25, 0.3) is 0 Å². The van der Waals surface area contributed by atoms with Gasteiger partial charge in [-0.3, -0.25) is 0 Å². The summed E-state index contributed by atoms with van der Waals surface area (Å²) in [5, 5.41) is 9.01. The molecule has 18 heavy (non-hydrogen) atoms. The second-order valence-electron chi connectivity index (χ2n) is 3.77. The first-order valence-corrected chi connectivity index (χ1v) is 6.28. The van der Waals surface area contributed by atoms with Crippen molar-refractivity contribution in [2.24, 2.45) is 0 Å². The van der Waals surface area contributed by atoms with Gasteiger partial charge in [0.2, 0.25) is 17.8 Å². The van der Waals surface area contributed by atoms with Crippen LogP contribution in [0.3, 0.4) is 0 Å². The predicted molar refractivity (Wildman–Crippen MR) is 72.8 cm³/mol. The van der Waals surface area contributed by atoms with Crippen molar-refractivity contribution in [2.45, 2.75) is 20.8 Å². The summed E-state index contributed by atoms with van der Waals surface area (Å²) >= 11 is 0. The van der Waals surface area contributed by atoms with Crippen molar-refractivity contribution in [3.8, 4) is 0 Å². The van der Waals surface area contributed by atoms with Crippen LogP contribution in [-0.4, -0.2) is 52.8 Å². The minimum absolute atomic E-state index is 0.0556. The molecule has 1 rings (SSSR count). The van der Waals surface area contributed by atoms with E-state index in [0.29, 0.717) is 25.0 Å². The highest BCUT2D eigenvalue weighted by molar-refractivity contribution is 5.43. The third kappa shape index (κ3) is 3.43. The molecule has 0 fully saturated rings. The van der Waals surface area contributed by atoms with Crippen LogP contribution in [0.2, 0.25) is 0 Å². The number of nitrogen functional groups attached to an aromatic ring is 1. The van der Waals surface area contributed by atoms with Gasteiger partial charge in [-0.15, -0.1) is 0 Å². The summed E-state index contributed by atoms with van der Waals surface area (Å²) in [6, 6.07) is 0. The molecule has 0 atom stereocenters.